The van der Waals surface area contributed by atoms with Crippen molar-refractivity contribution in [2.45, 2.75) is 19.8 Å². The van der Waals surface area contributed by atoms with Crippen LogP contribution in [0.5, 0.6) is 0 Å². The van der Waals surface area contributed by atoms with Gasteiger partial charge in [-0.3, -0.25) is 0 Å². The summed E-state index contributed by atoms with van der Waals surface area (Å²) >= 11 is 0. The fourth-order valence-electron chi connectivity index (χ4n) is 1.84. The third-order valence-corrected chi connectivity index (χ3v) is 2.77. The van der Waals surface area contributed by atoms with E-state index in [1.54, 1.807) is 6.33 Å². The fraction of sp³-hybridized carbons (Fsp3) is 0.429. The van der Waals surface area contributed by atoms with Crippen LogP contribution in [-0.4, -0.2) is 29.7 Å². The van der Waals surface area contributed by atoms with Crippen molar-refractivity contribution in [1.29, 1.82) is 0 Å². The molecule has 5 heteroatoms. The van der Waals surface area contributed by atoms with Gasteiger partial charge in [-0.05, 0) is 31.0 Å². The SMILES string of the molecule is CCCOCCCNc1ncnc2ccc(N)cc12. The maximum atomic E-state index is 5.80. The molecule has 0 unspecified atom stereocenters. The Bertz CT molecular complexity index is 530. The van der Waals surface area contributed by atoms with E-state index in [1.807, 2.05) is 18.2 Å². The quantitative estimate of drug-likeness (QED) is 0.591. The average Bonchev–Trinajstić information content (AvgIpc) is 2.43. The Balaban J connectivity index is 1.95. The Hall–Kier alpha value is -1.88. The van der Waals surface area contributed by atoms with Gasteiger partial charge in [-0.2, -0.15) is 0 Å². The largest absolute Gasteiger partial charge is 0.399 e. The average molecular weight is 260 g/mol. The van der Waals surface area contributed by atoms with E-state index < -0.39 is 0 Å². The molecule has 0 aliphatic carbocycles. The predicted molar refractivity (Wildman–Crippen MR) is 78.2 cm³/mol. The van der Waals surface area contributed by atoms with E-state index in [0.29, 0.717) is 0 Å². The zero-order valence-corrected chi connectivity index (χ0v) is 11.2. The lowest BCUT2D eigenvalue weighted by Crippen LogP contribution is -2.08. The molecule has 0 radical (unpaired) electrons. The van der Waals surface area contributed by atoms with E-state index in [9.17, 15) is 0 Å². The molecule has 1 aromatic heterocycles. The normalized spacial score (nSPS) is 10.8. The topological polar surface area (TPSA) is 73.1 Å². The molecule has 0 saturated heterocycles. The fourth-order valence-corrected chi connectivity index (χ4v) is 1.84. The minimum Gasteiger partial charge on any atom is -0.399 e. The van der Waals surface area contributed by atoms with Crippen molar-refractivity contribution in [3.63, 3.8) is 0 Å². The van der Waals surface area contributed by atoms with Crippen LogP contribution >= 0.6 is 0 Å². The van der Waals surface area contributed by atoms with Crippen LogP contribution in [0.25, 0.3) is 10.9 Å². The van der Waals surface area contributed by atoms with Crippen molar-refractivity contribution >= 4 is 22.4 Å². The summed E-state index contributed by atoms with van der Waals surface area (Å²) in [6.45, 7) is 4.53. The molecule has 1 aromatic carbocycles. The third-order valence-electron chi connectivity index (χ3n) is 2.77. The number of nitrogens with zero attached hydrogens (tertiary/aromatic N) is 2. The van der Waals surface area contributed by atoms with Gasteiger partial charge in [0.05, 0.1) is 5.52 Å². The first kappa shape index (κ1) is 13.5. The highest BCUT2D eigenvalue weighted by molar-refractivity contribution is 5.91. The number of anilines is 2. The van der Waals surface area contributed by atoms with Crippen molar-refractivity contribution < 1.29 is 4.74 Å². The van der Waals surface area contributed by atoms with Gasteiger partial charge in [0, 0.05) is 30.8 Å². The van der Waals surface area contributed by atoms with Crippen LogP contribution in [0.3, 0.4) is 0 Å². The van der Waals surface area contributed by atoms with E-state index in [-0.39, 0.29) is 0 Å². The predicted octanol–water partition coefficient (Wildman–Crippen LogP) is 2.44. The van der Waals surface area contributed by atoms with E-state index >= 15 is 0 Å². The van der Waals surface area contributed by atoms with Crippen molar-refractivity contribution in [1.82, 2.24) is 9.97 Å². The highest BCUT2D eigenvalue weighted by atomic mass is 16.5. The van der Waals surface area contributed by atoms with Gasteiger partial charge in [-0.15, -0.1) is 0 Å². The molecule has 0 amide bonds. The Labute approximate surface area is 113 Å². The van der Waals surface area contributed by atoms with Crippen LogP contribution < -0.4 is 11.1 Å². The summed E-state index contributed by atoms with van der Waals surface area (Å²) < 4.78 is 5.43. The van der Waals surface area contributed by atoms with Gasteiger partial charge in [0.25, 0.3) is 0 Å². The van der Waals surface area contributed by atoms with Crippen molar-refractivity contribution in [3.05, 3.63) is 24.5 Å². The van der Waals surface area contributed by atoms with Gasteiger partial charge in [0.1, 0.15) is 12.1 Å². The maximum Gasteiger partial charge on any atom is 0.137 e. The van der Waals surface area contributed by atoms with Crippen LogP contribution in [0.4, 0.5) is 11.5 Å². The lowest BCUT2D eigenvalue weighted by molar-refractivity contribution is 0.134. The number of hydrogen-bond donors (Lipinski definition) is 2. The number of nitrogens with two attached hydrogens (primary N) is 1. The van der Waals surface area contributed by atoms with Gasteiger partial charge in [-0.1, -0.05) is 6.92 Å². The number of nitrogens with one attached hydrogen (secondary N) is 1. The molecule has 0 fully saturated rings. The van der Waals surface area contributed by atoms with E-state index in [1.165, 1.54) is 0 Å². The van der Waals surface area contributed by atoms with Crippen molar-refractivity contribution in [2.24, 2.45) is 0 Å². The minimum atomic E-state index is 0.719. The summed E-state index contributed by atoms with van der Waals surface area (Å²) in [6.07, 6.45) is 3.57. The first-order valence-electron chi connectivity index (χ1n) is 6.63. The molecule has 1 heterocycles. The number of hydrogen-bond acceptors (Lipinski definition) is 5. The summed E-state index contributed by atoms with van der Waals surface area (Å²) in [5.74, 6) is 0.827. The summed E-state index contributed by atoms with van der Waals surface area (Å²) in [5.41, 5.74) is 7.42. The van der Waals surface area contributed by atoms with E-state index in [0.717, 1.165) is 55.0 Å². The second-order valence-corrected chi connectivity index (χ2v) is 4.39. The lowest BCUT2D eigenvalue weighted by atomic mass is 10.2. The number of aromatic nitrogens is 2. The molecule has 2 rings (SSSR count). The Kier molecular flexibility index (Phi) is 4.92. The number of ether oxygens (including phenoxy) is 1. The van der Waals surface area contributed by atoms with Gasteiger partial charge in [0.2, 0.25) is 0 Å². The second-order valence-electron chi connectivity index (χ2n) is 4.39. The highest BCUT2D eigenvalue weighted by Gasteiger charge is 2.03. The molecule has 5 nitrogen and oxygen atoms in total. The van der Waals surface area contributed by atoms with Crippen molar-refractivity contribution in [3.8, 4) is 0 Å². The second kappa shape index (κ2) is 6.89. The van der Waals surface area contributed by atoms with Gasteiger partial charge in [-0.25, -0.2) is 9.97 Å². The standard InChI is InChI=1S/C14H20N4O/c1-2-7-19-8-3-6-16-14-12-9-11(15)4-5-13(12)17-10-18-14/h4-5,9-10H,2-3,6-8,15H2,1H3,(H,16,17,18). The molecule has 0 bridgehead atoms. The van der Waals surface area contributed by atoms with E-state index in [2.05, 4.69) is 22.2 Å². The van der Waals surface area contributed by atoms with Crippen LogP contribution in [0.1, 0.15) is 19.8 Å². The van der Waals surface area contributed by atoms with Crippen LogP contribution in [-0.2, 0) is 4.74 Å². The molecule has 0 aliphatic rings. The van der Waals surface area contributed by atoms with Crippen LogP contribution in [0.15, 0.2) is 24.5 Å². The summed E-state index contributed by atoms with van der Waals surface area (Å²) in [4.78, 5) is 8.48. The third kappa shape index (κ3) is 3.79. The number of benzene rings is 1. The Morgan fingerprint density at radius 3 is 3.00 bits per heavy atom. The first-order valence-corrected chi connectivity index (χ1v) is 6.63. The number of nitrogen functional groups attached to an aromatic ring is 1. The van der Waals surface area contributed by atoms with E-state index in [4.69, 9.17) is 10.5 Å². The molecule has 0 saturated carbocycles. The molecular formula is C14H20N4O. The highest BCUT2D eigenvalue weighted by Crippen LogP contribution is 2.21. The summed E-state index contributed by atoms with van der Waals surface area (Å²) in [6, 6.07) is 5.64. The summed E-state index contributed by atoms with van der Waals surface area (Å²) in [5, 5.41) is 4.26. The van der Waals surface area contributed by atoms with Gasteiger partial charge in [0.15, 0.2) is 0 Å². The first-order chi connectivity index (χ1) is 9.31. The zero-order valence-electron chi connectivity index (χ0n) is 11.2. The number of rotatable bonds is 7. The van der Waals surface area contributed by atoms with Crippen molar-refractivity contribution in [2.75, 3.05) is 30.8 Å². The Morgan fingerprint density at radius 2 is 2.16 bits per heavy atom. The lowest BCUT2D eigenvalue weighted by Gasteiger charge is -2.08. The van der Waals surface area contributed by atoms with Crippen LogP contribution in [0, 0.1) is 0 Å². The smallest absolute Gasteiger partial charge is 0.137 e. The molecule has 19 heavy (non-hydrogen) atoms. The van der Waals surface area contributed by atoms with Gasteiger partial charge >= 0.3 is 0 Å². The van der Waals surface area contributed by atoms with Gasteiger partial charge < -0.3 is 15.8 Å². The molecular weight excluding hydrogens is 240 g/mol. The zero-order chi connectivity index (χ0) is 13.5. The molecule has 0 atom stereocenters. The molecule has 102 valence electrons. The molecule has 2 aromatic rings. The summed E-state index contributed by atoms with van der Waals surface area (Å²) in [7, 11) is 0. The monoisotopic (exact) mass is 260 g/mol. The Morgan fingerprint density at radius 1 is 1.26 bits per heavy atom. The maximum absolute atomic E-state index is 5.80. The molecule has 0 spiro atoms. The number of fused-ring (bicyclic) bond motifs is 1. The molecule has 0 aliphatic heterocycles. The molecule has 3 N–H and O–H groups in total. The minimum absolute atomic E-state index is 0.719. The van der Waals surface area contributed by atoms with Crippen LogP contribution in [0.2, 0.25) is 0 Å².